The zero-order valence-electron chi connectivity index (χ0n) is 19.5. The van der Waals surface area contributed by atoms with Gasteiger partial charge in [0, 0.05) is 6.04 Å². The second kappa shape index (κ2) is 7.75. The van der Waals surface area contributed by atoms with Gasteiger partial charge < -0.3 is 5.73 Å². The van der Waals surface area contributed by atoms with Crippen molar-refractivity contribution in [1.82, 2.24) is 0 Å². The van der Waals surface area contributed by atoms with Gasteiger partial charge in [0.2, 0.25) is 0 Å². The molecule has 4 rings (SSSR count). The average Bonchev–Trinajstić information content (AvgIpc) is 2.99. The molecule has 3 saturated carbocycles. The third kappa shape index (κ3) is 3.42. The summed E-state index contributed by atoms with van der Waals surface area (Å²) < 4.78 is 0. The Labute approximate surface area is 175 Å². The van der Waals surface area contributed by atoms with Crippen LogP contribution in [0.3, 0.4) is 0 Å². The second-order valence-electron chi connectivity index (χ2n) is 12.3. The molecule has 0 spiro atoms. The van der Waals surface area contributed by atoms with Crippen molar-refractivity contribution in [3.8, 4) is 0 Å². The van der Waals surface area contributed by atoms with Crippen molar-refractivity contribution in [2.45, 2.75) is 111 Å². The standard InChI is InChI=1S/C27H47N/c1-18(2)7-6-8-19(3)23-11-12-24-22-10-9-20-17-21(28)13-15-26(20,4)25(22)14-16-27(23,24)5/h9,18-19,21-25H,6-8,10-17,28H2,1-5H3/t19-,21+,22?,23?,24+,25+,26+,27-/m1/s1. The summed E-state index contributed by atoms with van der Waals surface area (Å²) in [5.74, 6) is 5.63. The predicted octanol–water partition coefficient (Wildman–Crippen LogP) is 7.36. The van der Waals surface area contributed by atoms with E-state index >= 15 is 0 Å². The van der Waals surface area contributed by atoms with E-state index in [-0.39, 0.29) is 0 Å². The molecule has 28 heavy (non-hydrogen) atoms. The molecule has 8 atom stereocenters. The molecule has 160 valence electrons. The van der Waals surface area contributed by atoms with E-state index in [0.717, 1.165) is 35.5 Å². The molecular weight excluding hydrogens is 338 g/mol. The Bertz CT molecular complexity index is 591. The molecule has 4 aliphatic rings. The maximum Gasteiger partial charge on any atom is 0.00766 e. The first kappa shape index (κ1) is 21.0. The van der Waals surface area contributed by atoms with Crippen molar-refractivity contribution in [2.75, 3.05) is 0 Å². The third-order valence-electron chi connectivity index (χ3n) is 10.3. The van der Waals surface area contributed by atoms with Crippen LogP contribution in [0.4, 0.5) is 0 Å². The van der Waals surface area contributed by atoms with Crippen LogP contribution in [0.5, 0.6) is 0 Å². The van der Waals surface area contributed by atoms with Gasteiger partial charge in [0.05, 0.1) is 0 Å². The molecule has 1 heteroatoms. The molecule has 0 heterocycles. The van der Waals surface area contributed by atoms with Gasteiger partial charge in [-0.05, 0) is 97.7 Å². The summed E-state index contributed by atoms with van der Waals surface area (Å²) in [5.41, 5.74) is 9.18. The van der Waals surface area contributed by atoms with Crippen LogP contribution in [0, 0.1) is 46.3 Å². The lowest BCUT2D eigenvalue weighted by Crippen LogP contribution is -2.51. The normalized spacial score (nSPS) is 46.5. The molecule has 0 aromatic rings. The van der Waals surface area contributed by atoms with Gasteiger partial charge in [-0.1, -0.05) is 65.5 Å². The summed E-state index contributed by atoms with van der Waals surface area (Å²) in [5, 5.41) is 0. The Kier molecular flexibility index (Phi) is 5.80. The second-order valence-corrected chi connectivity index (χ2v) is 12.3. The van der Waals surface area contributed by atoms with Crippen molar-refractivity contribution in [3.05, 3.63) is 11.6 Å². The van der Waals surface area contributed by atoms with Crippen molar-refractivity contribution in [1.29, 1.82) is 0 Å². The molecule has 0 aromatic carbocycles. The van der Waals surface area contributed by atoms with Crippen molar-refractivity contribution in [3.63, 3.8) is 0 Å². The van der Waals surface area contributed by atoms with Crippen LogP contribution in [0.1, 0.15) is 105 Å². The SMILES string of the molecule is CC(C)CCC[C@@H](C)C1CC[C@H]2C3CC=C4C[C@@H](N)CC[C@]4(C)[C@H]3CC[C@]12C. The first-order valence-corrected chi connectivity index (χ1v) is 12.7. The van der Waals surface area contributed by atoms with Crippen LogP contribution in [-0.2, 0) is 0 Å². The van der Waals surface area contributed by atoms with Crippen LogP contribution in [-0.4, -0.2) is 6.04 Å². The Hall–Kier alpha value is -0.300. The molecule has 4 aliphatic carbocycles. The topological polar surface area (TPSA) is 26.0 Å². The number of rotatable bonds is 5. The molecule has 0 aromatic heterocycles. The third-order valence-corrected chi connectivity index (χ3v) is 10.3. The number of hydrogen-bond acceptors (Lipinski definition) is 1. The minimum Gasteiger partial charge on any atom is -0.327 e. The van der Waals surface area contributed by atoms with E-state index in [0.29, 0.717) is 16.9 Å². The predicted molar refractivity (Wildman–Crippen MR) is 121 cm³/mol. The fourth-order valence-corrected chi connectivity index (χ4v) is 8.71. The molecule has 0 aliphatic heterocycles. The summed E-state index contributed by atoms with van der Waals surface area (Å²) in [6.07, 6.45) is 18.1. The molecule has 3 fully saturated rings. The fraction of sp³-hybridized carbons (Fsp3) is 0.926. The summed E-state index contributed by atoms with van der Waals surface area (Å²) in [7, 11) is 0. The minimum atomic E-state index is 0.423. The quantitative estimate of drug-likeness (QED) is 0.492. The fourth-order valence-electron chi connectivity index (χ4n) is 8.71. The van der Waals surface area contributed by atoms with E-state index in [1.807, 2.05) is 0 Å². The maximum absolute atomic E-state index is 6.34. The van der Waals surface area contributed by atoms with Crippen LogP contribution in [0.15, 0.2) is 11.6 Å². The van der Waals surface area contributed by atoms with Crippen molar-refractivity contribution in [2.24, 2.45) is 52.1 Å². The highest BCUT2D eigenvalue weighted by atomic mass is 14.7. The molecule has 0 bridgehead atoms. The molecule has 2 unspecified atom stereocenters. The molecule has 0 amide bonds. The Morgan fingerprint density at radius 1 is 1.00 bits per heavy atom. The van der Waals surface area contributed by atoms with Gasteiger partial charge >= 0.3 is 0 Å². The highest BCUT2D eigenvalue weighted by Gasteiger charge is 2.58. The Morgan fingerprint density at radius 3 is 2.54 bits per heavy atom. The van der Waals surface area contributed by atoms with Crippen LogP contribution < -0.4 is 5.73 Å². The zero-order chi connectivity index (χ0) is 20.1. The Balaban J connectivity index is 1.49. The van der Waals surface area contributed by atoms with Gasteiger partial charge in [-0.15, -0.1) is 0 Å². The number of allylic oxidation sites excluding steroid dienone is 1. The zero-order valence-corrected chi connectivity index (χ0v) is 19.5. The average molecular weight is 386 g/mol. The minimum absolute atomic E-state index is 0.423. The lowest BCUT2D eigenvalue weighted by atomic mass is 9.47. The van der Waals surface area contributed by atoms with Crippen molar-refractivity contribution < 1.29 is 0 Å². The van der Waals surface area contributed by atoms with E-state index in [1.54, 1.807) is 5.57 Å². The van der Waals surface area contributed by atoms with E-state index in [4.69, 9.17) is 5.73 Å². The molecular formula is C27H47N. The van der Waals surface area contributed by atoms with Crippen molar-refractivity contribution >= 4 is 0 Å². The number of fused-ring (bicyclic) bond motifs is 5. The van der Waals surface area contributed by atoms with E-state index < -0.39 is 0 Å². The van der Waals surface area contributed by atoms with Crippen LogP contribution in [0.2, 0.25) is 0 Å². The molecule has 0 radical (unpaired) electrons. The number of hydrogen-bond donors (Lipinski definition) is 1. The first-order valence-electron chi connectivity index (χ1n) is 12.7. The van der Waals surface area contributed by atoms with Gasteiger partial charge in [-0.3, -0.25) is 0 Å². The van der Waals surface area contributed by atoms with E-state index in [9.17, 15) is 0 Å². The van der Waals surface area contributed by atoms with E-state index in [1.165, 1.54) is 70.6 Å². The molecule has 0 saturated heterocycles. The van der Waals surface area contributed by atoms with Crippen LogP contribution in [0.25, 0.3) is 0 Å². The molecule has 2 N–H and O–H groups in total. The van der Waals surface area contributed by atoms with Gasteiger partial charge in [0.1, 0.15) is 0 Å². The van der Waals surface area contributed by atoms with Gasteiger partial charge in [0.15, 0.2) is 0 Å². The lowest BCUT2D eigenvalue weighted by Gasteiger charge is -2.58. The molecule has 1 nitrogen and oxygen atoms in total. The maximum atomic E-state index is 6.34. The summed E-state index contributed by atoms with van der Waals surface area (Å²) in [6, 6.07) is 0.423. The van der Waals surface area contributed by atoms with Gasteiger partial charge in [-0.2, -0.15) is 0 Å². The highest BCUT2D eigenvalue weighted by Crippen LogP contribution is 2.67. The first-order chi connectivity index (χ1) is 13.3. The summed E-state index contributed by atoms with van der Waals surface area (Å²) in [4.78, 5) is 0. The summed E-state index contributed by atoms with van der Waals surface area (Å²) >= 11 is 0. The lowest BCUT2D eigenvalue weighted by molar-refractivity contribution is -0.0508. The van der Waals surface area contributed by atoms with Gasteiger partial charge in [0.25, 0.3) is 0 Å². The van der Waals surface area contributed by atoms with Gasteiger partial charge in [-0.25, -0.2) is 0 Å². The smallest absolute Gasteiger partial charge is 0.00766 e. The Morgan fingerprint density at radius 2 is 1.79 bits per heavy atom. The largest absolute Gasteiger partial charge is 0.327 e. The number of nitrogens with two attached hydrogens (primary N) is 1. The highest BCUT2D eigenvalue weighted by molar-refractivity contribution is 5.25. The summed E-state index contributed by atoms with van der Waals surface area (Å²) in [6.45, 7) is 12.7. The van der Waals surface area contributed by atoms with E-state index in [2.05, 4.69) is 40.7 Å². The monoisotopic (exact) mass is 385 g/mol. The van der Waals surface area contributed by atoms with Crippen LogP contribution >= 0.6 is 0 Å².